The molecule has 479 valence electrons. The summed E-state index contributed by atoms with van der Waals surface area (Å²) in [5.74, 6) is 0. The van der Waals surface area contributed by atoms with Crippen LogP contribution in [0.3, 0.4) is 0 Å². The first kappa shape index (κ1) is 66.4. The second kappa shape index (κ2) is 31.3. The van der Waals surface area contributed by atoms with E-state index in [1.54, 1.807) is 0 Å². The highest BCUT2D eigenvalue weighted by Crippen LogP contribution is 2.40. The van der Waals surface area contributed by atoms with Crippen LogP contribution in [0.1, 0.15) is 18.8 Å². The van der Waals surface area contributed by atoms with Gasteiger partial charge in [-0.25, -0.2) is 0 Å². The number of fused-ring (bicyclic) bond motifs is 6. The molecule has 17 aromatic rings. The van der Waals surface area contributed by atoms with Gasteiger partial charge in [0.05, 0.1) is 22.1 Å². The highest BCUT2D eigenvalue weighted by Gasteiger charge is 2.17. The van der Waals surface area contributed by atoms with Crippen molar-refractivity contribution in [2.45, 2.75) is 28.1 Å². The maximum atomic E-state index is 4.90. The van der Waals surface area contributed by atoms with Crippen LogP contribution >= 0.6 is 9.12 Å². The van der Waals surface area contributed by atoms with Crippen molar-refractivity contribution in [3.05, 3.63) is 358 Å². The molecule has 10 aromatic carbocycles. The second-order valence-corrected chi connectivity index (χ2v) is 24.8. The van der Waals surface area contributed by atoms with E-state index < -0.39 is 0 Å². The Morgan fingerprint density at radius 1 is 0.240 bits per heavy atom. The van der Waals surface area contributed by atoms with E-state index in [9.17, 15) is 0 Å². The SMILES string of the molecule is C.C[B]P.Cc1cc(-c2ccccc2)c2ccc3c(-c4ccccc4)cc(C)nc3c2n1.c1ccc(-c2ccnc3c2ccc2c(-c4ccccc4)ccnc23)cc1.c1cncc(-c2cccc(-c3cc(-c4cccc(-c5cccnc5)c4)cc(-c4cccc(-c5cccnc5)c4)c3)c2)c1. The molecule has 7 nitrogen and oxygen atoms in total. The Morgan fingerprint density at radius 3 is 0.780 bits per heavy atom. The Kier molecular flexibility index (Phi) is 20.8. The number of pyridine rings is 7. The first-order valence-corrected chi connectivity index (χ1v) is 33.8. The van der Waals surface area contributed by atoms with E-state index in [0.717, 1.165) is 122 Å². The van der Waals surface area contributed by atoms with E-state index in [1.165, 1.54) is 44.5 Å². The summed E-state index contributed by atoms with van der Waals surface area (Å²) < 4.78 is 0. The molecule has 0 aliphatic rings. The maximum absolute atomic E-state index is 4.90. The molecular weight excluding hydrogens is 1230 g/mol. The summed E-state index contributed by atoms with van der Waals surface area (Å²) in [6, 6.07) is 104. The van der Waals surface area contributed by atoms with Gasteiger partial charge in [0.25, 0.3) is 0 Å². The van der Waals surface area contributed by atoms with Crippen LogP contribution in [-0.4, -0.2) is 41.9 Å². The molecule has 0 bridgehead atoms. The summed E-state index contributed by atoms with van der Waals surface area (Å²) >= 11 is 0. The van der Waals surface area contributed by atoms with Crippen molar-refractivity contribution in [3.8, 4) is 111 Å². The Labute approximate surface area is 588 Å². The van der Waals surface area contributed by atoms with Crippen LogP contribution in [0, 0.1) is 13.8 Å². The zero-order valence-electron chi connectivity index (χ0n) is 55.2. The molecule has 1 atom stereocenters. The minimum absolute atomic E-state index is 0. The van der Waals surface area contributed by atoms with Crippen molar-refractivity contribution in [2.24, 2.45) is 0 Å². The normalized spacial score (nSPS) is 10.7. The molecule has 0 saturated carbocycles. The van der Waals surface area contributed by atoms with Crippen molar-refractivity contribution >= 4 is 59.7 Å². The third-order valence-corrected chi connectivity index (χ3v) is 17.5. The molecule has 1 radical (unpaired) electrons. The van der Waals surface area contributed by atoms with Crippen molar-refractivity contribution in [1.82, 2.24) is 34.9 Å². The molecule has 17 rings (SSSR count). The zero-order chi connectivity index (χ0) is 67.3. The number of rotatable bonds is 10. The van der Waals surface area contributed by atoms with E-state index in [4.69, 9.17) is 9.97 Å². The molecule has 0 aliphatic carbocycles. The molecule has 0 fully saturated rings. The molecule has 9 heteroatoms. The first-order chi connectivity index (χ1) is 48.8. The van der Waals surface area contributed by atoms with Gasteiger partial charge in [0.15, 0.2) is 0 Å². The van der Waals surface area contributed by atoms with Crippen LogP contribution in [0.2, 0.25) is 6.82 Å². The van der Waals surface area contributed by atoms with Crippen LogP contribution in [-0.2, 0) is 0 Å². The fourth-order valence-corrected chi connectivity index (χ4v) is 12.9. The van der Waals surface area contributed by atoms with Gasteiger partial charge in [-0.05, 0) is 187 Å². The van der Waals surface area contributed by atoms with Crippen LogP contribution in [0.5, 0.6) is 0 Å². The highest BCUT2D eigenvalue weighted by atomic mass is 31.0. The summed E-state index contributed by atoms with van der Waals surface area (Å²) in [4.78, 5) is 32.1. The highest BCUT2D eigenvalue weighted by molar-refractivity contribution is 7.55. The quantitative estimate of drug-likeness (QED) is 0.0765. The van der Waals surface area contributed by atoms with Crippen molar-refractivity contribution < 1.29 is 0 Å². The first-order valence-electron chi connectivity index (χ1n) is 33.1. The Bertz CT molecular complexity index is 5170. The molecule has 0 spiro atoms. The predicted octanol–water partition coefficient (Wildman–Crippen LogP) is 23.9. The van der Waals surface area contributed by atoms with Gasteiger partial charge in [-0.1, -0.05) is 233 Å². The molecule has 1 unspecified atom stereocenters. The third-order valence-electron chi connectivity index (χ3n) is 17.5. The van der Waals surface area contributed by atoms with Crippen LogP contribution in [0.4, 0.5) is 0 Å². The van der Waals surface area contributed by atoms with Gasteiger partial charge in [0, 0.05) is 99.2 Å². The van der Waals surface area contributed by atoms with E-state index in [0.29, 0.717) is 0 Å². The van der Waals surface area contributed by atoms with Gasteiger partial charge in [-0.3, -0.25) is 34.9 Å². The fraction of sp³-hybridized carbons (Fsp3) is 0.0440. The van der Waals surface area contributed by atoms with Crippen LogP contribution in [0.25, 0.3) is 155 Å². The summed E-state index contributed by atoms with van der Waals surface area (Å²) in [6.45, 7) is 7.99. The van der Waals surface area contributed by atoms with Gasteiger partial charge in [0.1, 0.15) is 7.00 Å². The molecule has 0 N–H and O–H groups in total. The average Bonchev–Trinajstić information content (AvgIpc) is 0.761. The molecule has 0 saturated heterocycles. The minimum Gasteiger partial charge on any atom is -0.264 e. The fourth-order valence-electron chi connectivity index (χ4n) is 12.9. The lowest BCUT2D eigenvalue weighted by molar-refractivity contribution is 1.23. The lowest BCUT2D eigenvalue weighted by Crippen LogP contribution is -1.94. The van der Waals surface area contributed by atoms with Gasteiger partial charge >= 0.3 is 0 Å². The summed E-state index contributed by atoms with van der Waals surface area (Å²) in [7, 11) is 2.45. The number of nitrogens with zero attached hydrogens (tertiary/aromatic N) is 7. The number of aromatic nitrogens is 7. The minimum atomic E-state index is 0. The van der Waals surface area contributed by atoms with Crippen LogP contribution in [0.15, 0.2) is 347 Å². The van der Waals surface area contributed by atoms with Crippen molar-refractivity contribution in [3.63, 3.8) is 0 Å². The van der Waals surface area contributed by atoms with Crippen molar-refractivity contribution in [1.29, 1.82) is 0 Å². The molecule has 0 aliphatic heterocycles. The molecule has 7 heterocycles. The molecular formula is C91H72BN7P. The topological polar surface area (TPSA) is 90.2 Å². The van der Waals surface area contributed by atoms with Gasteiger partial charge in [-0.2, -0.15) is 9.12 Å². The number of hydrogen-bond acceptors (Lipinski definition) is 7. The van der Waals surface area contributed by atoms with Gasteiger partial charge < -0.3 is 0 Å². The Hall–Kier alpha value is -12.2. The van der Waals surface area contributed by atoms with E-state index in [-0.39, 0.29) is 7.43 Å². The lowest BCUT2D eigenvalue weighted by atomic mass is 9.91. The van der Waals surface area contributed by atoms with E-state index >= 15 is 0 Å². The Morgan fingerprint density at radius 2 is 0.490 bits per heavy atom. The maximum Gasteiger partial charge on any atom is 0.134 e. The number of benzene rings is 10. The van der Waals surface area contributed by atoms with E-state index in [1.807, 2.05) is 106 Å². The zero-order valence-corrected chi connectivity index (χ0v) is 56.3. The van der Waals surface area contributed by atoms with Crippen molar-refractivity contribution in [2.75, 3.05) is 0 Å². The smallest absolute Gasteiger partial charge is 0.134 e. The average molecular weight is 1310 g/mol. The molecule has 0 amide bonds. The standard InChI is InChI=1S/C39H27N3.C26H20N2.C24H16N2.CH5BP.CH4/c1-7-28(34-13-4-16-40-25-34)19-31(10-1)37-22-38(32-11-2-8-29(20-32)35-14-5-17-41-26-35)24-39(23-37)33-12-3-9-30(21-33)36-15-6-18-42-27-36;1-17-15-23(19-9-5-3-6-10-19)21-13-14-22-24(20-11-7-4-8-12-20)16-18(2)28-26(22)25(21)27-17;1-3-7-17(8-4-1)19-13-15-25-23-21(19)11-12-22-20(14-16-26-24(22)23)18-9-5-2-6-10-18;1-2-3;/h1-27H;3-16H,1-2H3;1-16H;3H2,1H3;1H4. The second-order valence-electron chi connectivity index (χ2n) is 24.1. The Balaban J connectivity index is 0.000000136. The molecule has 7 aromatic heterocycles. The number of aryl methyl sites for hydroxylation is 2. The lowest BCUT2D eigenvalue weighted by Gasteiger charge is -2.14. The van der Waals surface area contributed by atoms with Gasteiger partial charge in [0.2, 0.25) is 0 Å². The number of hydrogen-bond donors (Lipinski definition) is 0. The summed E-state index contributed by atoms with van der Waals surface area (Å²) in [6.07, 6.45) is 14.9. The predicted molar refractivity (Wildman–Crippen MR) is 426 cm³/mol. The van der Waals surface area contributed by atoms with Crippen LogP contribution < -0.4 is 0 Å². The monoisotopic (exact) mass is 1300 g/mol. The molecule has 100 heavy (non-hydrogen) atoms. The summed E-state index contributed by atoms with van der Waals surface area (Å²) in [5.41, 5.74) is 29.1. The van der Waals surface area contributed by atoms with E-state index in [2.05, 4.69) is 303 Å². The van der Waals surface area contributed by atoms with Gasteiger partial charge in [-0.15, -0.1) is 0 Å². The summed E-state index contributed by atoms with van der Waals surface area (Å²) in [5, 5.41) is 4.54. The third kappa shape index (κ3) is 14.8. The largest absolute Gasteiger partial charge is 0.264 e.